The highest BCUT2D eigenvalue weighted by molar-refractivity contribution is 6.05. The van der Waals surface area contributed by atoms with Crippen molar-refractivity contribution in [2.45, 2.75) is 19.9 Å². The highest BCUT2D eigenvalue weighted by atomic mass is 16.1. The van der Waals surface area contributed by atoms with E-state index in [4.69, 9.17) is 0 Å². The standard InChI is InChI=1S/C15H20N4O/c1-3-19-11-13(10-17-19)18-15(20)14-7-5-4-6-12(14)8-9-16-2/h4-7,10-11,16H,3,8-9H2,1-2H3,(H,18,20). The Kier molecular flexibility index (Phi) is 4.90. The van der Waals surface area contributed by atoms with Gasteiger partial charge in [-0.1, -0.05) is 18.2 Å². The first kappa shape index (κ1) is 14.3. The van der Waals surface area contributed by atoms with E-state index in [1.165, 1.54) is 0 Å². The molecule has 0 aliphatic carbocycles. The van der Waals surface area contributed by atoms with Crippen LogP contribution in [0.2, 0.25) is 0 Å². The van der Waals surface area contributed by atoms with Crippen LogP contribution in [0, 0.1) is 0 Å². The average Bonchev–Trinajstić information content (AvgIpc) is 2.93. The van der Waals surface area contributed by atoms with Gasteiger partial charge >= 0.3 is 0 Å². The molecule has 1 amide bonds. The maximum absolute atomic E-state index is 12.3. The van der Waals surface area contributed by atoms with Crippen LogP contribution >= 0.6 is 0 Å². The van der Waals surface area contributed by atoms with Gasteiger partial charge < -0.3 is 10.6 Å². The number of amides is 1. The molecule has 0 aliphatic heterocycles. The molecule has 0 fully saturated rings. The molecule has 2 N–H and O–H groups in total. The first-order chi connectivity index (χ1) is 9.74. The summed E-state index contributed by atoms with van der Waals surface area (Å²) in [5.41, 5.74) is 2.48. The number of hydrogen-bond acceptors (Lipinski definition) is 3. The Morgan fingerprint density at radius 1 is 1.35 bits per heavy atom. The van der Waals surface area contributed by atoms with Gasteiger partial charge in [0, 0.05) is 18.3 Å². The first-order valence-corrected chi connectivity index (χ1v) is 6.81. The Labute approximate surface area is 119 Å². The Morgan fingerprint density at radius 2 is 2.15 bits per heavy atom. The van der Waals surface area contributed by atoms with Crippen molar-refractivity contribution in [1.29, 1.82) is 0 Å². The van der Waals surface area contributed by atoms with Gasteiger partial charge in [-0.25, -0.2) is 0 Å². The van der Waals surface area contributed by atoms with E-state index in [1.54, 1.807) is 10.9 Å². The molecule has 0 saturated heterocycles. The van der Waals surface area contributed by atoms with Crippen molar-refractivity contribution in [1.82, 2.24) is 15.1 Å². The number of nitrogens with zero attached hydrogens (tertiary/aromatic N) is 2. The van der Waals surface area contributed by atoms with Crippen molar-refractivity contribution in [2.75, 3.05) is 18.9 Å². The van der Waals surface area contributed by atoms with E-state index in [-0.39, 0.29) is 5.91 Å². The van der Waals surface area contributed by atoms with Gasteiger partial charge in [0.05, 0.1) is 11.9 Å². The molecule has 106 valence electrons. The summed E-state index contributed by atoms with van der Waals surface area (Å²) in [4.78, 5) is 12.3. The third kappa shape index (κ3) is 3.45. The monoisotopic (exact) mass is 272 g/mol. The number of carbonyl (C=O) groups is 1. The van der Waals surface area contributed by atoms with E-state index >= 15 is 0 Å². The molecule has 1 heterocycles. The molecule has 2 rings (SSSR count). The summed E-state index contributed by atoms with van der Waals surface area (Å²) in [6, 6.07) is 7.68. The SMILES string of the molecule is CCn1cc(NC(=O)c2ccccc2CCNC)cn1. The van der Waals surface area contributed by atoms with Gasteiger partial charge in [-0.3, -0.25) is 9.48 Å². The lowest BCUT2D eigenvalue weighted by Crippen LogP contribution is -2.17. The molecular weight excluding hydrogens is 252 g/mol. The van der Waals surface area contributed by atoms with Crippen LogP contribution in [0.1, 0.15) is 22.8 Å². The summed E-state index contributed by atoms with van der Waals surface area (Å²) >= 11 is 0. The second kappa shape index (κ2) is 6.86. The van der Waals surface area contributed by atoms with Gasteiger partial charge in [0.1, 0.15) is 0 Å². The fourth-order valence-corrected chi connectivity index (χ4v) is 2.02. The quantitative estimate of drug-likeness (QED) is 0.844. The predicted molar refractivity (Wildman–Crippen MR) is 79.9 cm³/mol. The molecular formula is C15H20N4O. The number of likely N-dealkylation sites (N-methyl/N-ethyl adjacent to an activating group) is 1. The van der Waals surface area contributed by atoms with Crippen LogP contribution < -0.4 is 10.6 Å². The maximum Gasteiger partial charge on any atom is 0.256 e. The minimum atomic E-state index is -0.0904. The average molecular weight is 272 g/mol. The number of benzene rings is 1. The number of aryl methyl sites for hydroxylation is 1. The van der Waals surface area contributed by atoms with E-state index in [2.05, 4.69) is 15.7 Å². The zero-order valence-electron chi connectivity index (χ0n) is 11.9. The summed E-state index contributed by atoms with van der Waals surface area (Å²) in [5.74, 6) is -0.0904. The van der Waals surface area contributed by atoms with Crippen molar-refractivity contribution < 1.29 is 4.79 Å². The fraction of sp³-hybridized carbons (Fsp3) is 0.333. The molecule has 0 bridgehead atoms. The number of aromatic nitrogens is 2. The molecule has 5 heteroatoms. The summed E-state index contributed by atoms with van der Waals surface area (Å²) in [6.45, 7) is 3.64. The van der Waals surface area contributed by atoms with Crippen LogP contribution in [-0.2, 0) is 13.0 Å². The molecule has 2 aromatic rings. The van der Waals surface area contributed by atoms with Gasteiger partial charge in [0.15, 0.2) is 0 Å². The molecule has 1 aromatic heterocycles. The number of anilines is 1. The summed E-state index contributed by atoms with van der Waals surface area (Å²) < 4.78 is 1.78. The summed E-state index contributed by atoms with van der Waals surface area (Å²) in [6.07, 6.45) is 4.32. The van der Waals surface area contributed by atoms with Crippen LogP contribution in [0.15, 0.2) is 36.7 Å². The second-order valence-corrected chi connectivity index (χ2v) is 4.55. The topological polar surface area (TPSA) is 59.0 Å². The molecule has 1 aromatic carbocycles. The molecule has 20 heavy (non-hydrogen) atoms. The van der Waals surface area contributed by atoms with Crippen LogP contribution in [0.3, 0.4) is 0 Å². The number of hydrogen-bond donors (Lipinski definition) is 2. The largest absolute Gasteiger partial charge is 0.319 e. The number of nitrogens with one attached hydrogen (secondary N) is 2. The minimum Gasteiger partial charge on any atom is -0.319 e. The normalized spacial score (nSPS) is 10.5. The third-order valence-electron chi connectivity index (χ3n) is 3.12. The molecule has 0 saturated carbocycles. The lowest BCUT2D eigenvalue weighted by molar-refractivity contribution is 0.102. The van der Waals surface area contributed by atoms with Crippen LogP contribution in [0.5, 0.6) is 0 Å². The van der Waals surface area contributed by atoms with Crippen molar-refractivity contribution in [3.8, 4) is 0 Å². The van der Waals surface area contributed by atoms with E-state index < -0.39 is 0 Å². The van der Waals surface area contributed by atoms with E-state index in [0.29, 0.717) is 5.56 Å². The van der Waals surface area contributed by atoms with Crippen molar-refractivity contribution >= 4 is 11.6 Å². The van der Waals surface area contributed by atoms with Crippen molar-refractivity contribution in [3.05, 3.63) is 47.8 Å². The molecule has 0 radical (unpaired) electrons. The van der Waals surface area contributed by atoms with Gasteiger partial charge in [-0.2, -0.15) is 5.10 Å². The zero-order chi connectivity index (χ0) is 14.4. The number of rotatable bonds is 6. The van der Waals surface area contributed by atoms with Crippen molar-refractivity contribution in [2.24, 2.45) is 0 Å². The third-order valence-corrected chi connectivity index (χ3v) is 3.12. The van der Waals surface area contributed by atoms with E-state index in [0.717, 1.165) is 30.8 Å². The molecule has 5 nitrogen and oxygen atoms in total. The van der Waals surface area contributed by atoms with Gasteiger partial charge in [0.2, 0.25) is 0 Å². The fourth-order valence-electron chi connectivity index (χ4n) is 2.02. The molecule has 0 unspecified atom stereocenters. The predicted octanol–water partition coefficient (Wildman–Crippen LogP) is 1.92. The lowest BCUT2D eigenvalue weighted by Gasteiger charge is -2.09. The lowest BCUT2D eigenvalue weighted by atomic mass is 10.0. The van der Waals surface area contributed by atoms with E-state index in [1.807, 2.05) is 44.4 Å². The molecule has 0 spiro atoms. The minimum absolute atomic E-state index is 0.0904. The van der Waals surface area contributed by atoms with Gasteiger partial charge in [-0.15, -0.1) is 0 Å². The first-order valence-electron chi connectivity index (χ1n) is 6.81. The second-order valence-electron chi connectivity index (χ2n) is 4.55. The highest BCUT2D eigenvalue weighted by Gasteiger charge is 2.11. The summed E-state index contributed by atoms with van der Waals surface area (Å²) in [5, 5.41) is 10.1. The Balaban J connectivity index is 2.12. The molecule has 0 atom stereocenters. The smallest absolute Gasteiger partial charge is 0.256 e. The van der Waals surface area contributed by atoms with Gasteiger partial charge in [-0.05, 0) is 38.6 Å². The van der Waals surface area contributed by atoms with Crippen LogP contribution in [-0.4, -0.2) is 29.3 Å². The molecule has 0 aliphatic rings. The van der Waals surface area contributed by atoms with Crippen molar-refractivity contribution in [3.63, 3.8) is 0 Å². The van der Waals surface area contributed by atoms with Crippen LogP contribution in [0.25, 0.3) is 0 Å². The maximum atomic E-state index is 12.3. The zero-order valence-corrected chi connectivity index (χ0v) is 11.9. The van der Waals surface area contributed by atoms with Crippen LogP contribution in [0.4, 0.5) is 5.69 Å². The summed E-state index contributed by atoms with van der Waals surface area (Å²) in [7, 11) is 1.90. The Hall–Kier alpha value is -2.14. The Bertz CT molecular complexity index is 577. The van der Waals surface area contributed by atoms with Gasteiger partial charge in [0.25, 0.3) is 5.91 Å². The number of carbonyl (C=O) groups excluding carboxylic acids is 1. The van der Waals surface area contributed by atoms with E-state index in [9.17, 15) is 4.79 Å². The highest BCUT2D eigenvalue weighted by Crippen LogP contribution is 2.13. The Morgan fingerprint density at radius 3 is 2.85 bits per heavy atom.